The molecule has 0 unspecified atom stereocenters. The first-order valence-corrected chi connectivity index (χ1v) is 10.5. The number of anilines is 1. The minimum atomic E-state index is -0.333. The largest absolute Gasteiger partial charge is 0.488 e. The van der Waals surface area contributed by atoms with Gasteiger partial charge in [-0.15, -0.1) is 0 Å². The van der Waals surface area contributed by atoms with Gasteiger partial charge in [0.2, 0.25) is 0 Å². The van der Waals surface area contributed by atoms with Gasteiger partial charge in [0.1, 0.15) is 12.4 Å². The maximum absolute atomic E-state index is 13.0. The zero-order chi connectivity index (χ0) is 21.1. The molecule has 0 atom stereocenters. The molecule has 2 amide bonds. The Balaban J connectivity index is 1.60. The number of halogens is 1. The predicted molar refractivity (Wildman–Crippen MR) is 122 cm³/mol. The van der Waals surface area contributed by atoms with Crippen molar-refractivity contribution in [2.45, 2.75) is 13.5 Å². The van der Waals surface area contributed by atoms with Gasteiger partial charge in [-0.3, -0.25) is 9.59 Å². The number of carbonyl (C=O) groups is 2. The first kappa shape index (κ1) is 20.3. The quantitative estimate of drug-likeness (QED) is 0.431. The maximum atomic E-state index is 13.0. The summed E-state index contributed by atoms with van der Waals surface area (Å²) in [7, 11) is 0. The number of carbonyl (C=O) groups excluding carboxylic acids is 2. The molecule has 0 spiro atoms. The van der Waals surface area contributed by atoms with E-state index in [1.807, 2.05) is 73.7 Å². The molecule has 4 rings (SSSR count). The molecule has 4 nitrogen and oxygen atoms in total. The molecule has 30 heavy (non-hydrogen) atoms. The molecule has 1 fully saturated rings. The third kappa shape index (κ3) is 4.13. The van der Waals surface area contributed by atoms with E-state index in [1.54, 1.807) is 12.1 Å². The van der Waals surface area contributed by atoms with Gasteiger partial charge < -0.3 is 4.74 Å². The number of thioether (sulfide) groups is 1. The Hall–Kier alpha value is -3.02. The van der Waals surface area contributed by atoms with Crippen molar-refractivity contribution in [2.75, 3.05) is 4.90 Å². The third-order valence-electron chi connectivity index (χ3n) is 4.70. The van der Waals surface area contributed by atoms with Crippen LogP contribution in [0, 0.1) is 6.92 Å². The number of hydrogen-bond donors (Lipinski definition) is 0. The molecule has 150 valence electrons. The van der Waals surface area contributed by atoms with Crippen molar-refractivity contribution >= 4 is 46.3 Å². The van der Waals surface area contributed by atoms with Crippen LogP contribution in [0.15, 0.2) is 77.7 Å². The number of hydrogen-bond acceptors (Lipinski definition) is 4. The average molecular weight is 436 g/mol. The maximum Gasteiger partial charge on any atom is 0.298 e. The van der Waals surface area contributed by atoms with Gasteiger partial charge in [0, 0.05) is 16.1 Å². The van der Waals surface area contributed by atoms with E-state index in [0.29, 0.717) is 28.0 Å². The number of ether oxygens (including phenoxy) is 1. The number of benzene rings is 3. The summed E-state index contributed by atoms with van der Waals surface area (Å²) in [4.78, 5) is 27.1. The number of amides is 2. The van der Waals surface area contributed by atoms with Gasteiger partial charge in [0.15, 0.2) is 0 Å². The summed E-state index contributed by atoms with van der Waals surface area (Å²) in [6.07, 6.45) is 1.70. The summed E-state index contributed by atoms with van der Waals surface area (Å²) in [5.74, 6) is 0.278. The first-order chi connectivity index (χ1) is 14.5. The van der Waals surface area contributed by atoms with Gasteiger partial charge in [0.25, 0.3) is 11.1 Å². The summed E-state index contributed by atoms with van der Waals surface area (Å²) >= 11 is 7.13. The fourth-order valence-electron chi connectivity index (χ4n) is 3.13. The van der Waals surface area contributed by atoms with Crippen molar-refractivity contribution < 1.29 is 14.3 Å². The van der Waals surface area contributed by atoms with Gasteiger partial charge in [-0.25, -0.2) is 4.90 Å². The van der Waals surface area contributed by atoms with Gasteiger partial charge in [0.05, 0.1) is 10.6 Å². The fourth-order valence-corrected chi connectivity index (χ4v) is 4.15. The molecule has 3 aromatic carbocycles. The molecule has 3 aromatic rings. The highest BCUT2D eigenvalue weighted by atomic mass is 35.5. The lowest BCUT2D eigenvalue weighted by molar-refractivity contribution is -0.113. The van der Waals surface area contributed by atoms with Crippen LogP contribution >= 0.6 is 23.4 Å². The Morgan fingerprint density at radius 3 is 2.47 bits per heavy atom. The van der Waals surface area contributed by atoms with E-state index in [4.69, 9.17) is 16.3 Å². The molecule has 0 N–H and O–H groups in total. The van der Waals surface area contributed by atoms with Crippen molar-refractivity contribution in [3.63, 3.8) is 0 Å². The number of imide groups is 1. The van der Waals surface area contributed by atoms with Gasteiger partial charge in [-0.2, -0.15) is 0 Å². The highest BCUT2D eigenvalue weighted by molar-refractivity contribution is 8.19. The monoisotopic (exact) mass is 435 g/mol. The number of para-hydroxylation sites is 2. The molecular formula is C24H18ClNO3S. The summed E-state index contributed by atoms with van der Waals surface area (Å²) in [6, 6.07) is 22.2. The Kier molecular flexibility index (Phi) is 5.93. The van der Waals surface area contributed by atoms with Crippen LogP contribution in [0.4, 0.5) is 10.5 Å². The second-order valence-corrected chi connectivity index (χ2v) is 8.12. The van der Waals surface area contributed by atoms with Crippen LogP contribution in [0.1, 0.15) is 16.7 Å². The van der Waals surface area contributed by atoms with Crippen molar-refractivity contribution in [2.24, 2.45) is 0 Å². The van der Waals surface area contributed by atoms with Crippen LogP contribution in [0.2, 0.25) is 5.02 Å². The zero-order valence-corrected chi connectivity index (χ0v) is 17.7. The van der Waals surface area contributed by atoms with E-state index in [9.17, 15) is 9.59 Å². The lowest BCUT2D eigenvalue weighted by Gasteiger charge is -2.15. The minimum Gasteiger partial charge on any atom is -0.488 e. The predicted octanol–water partition coefficient (Wildman–Crippen LogP) is 6.47. The molecule has 1 aliphatic heterocycles. The van der Waals surface area contributed by atoms with E-state index in [2.05, 4.69) is 0 Å². The molecule has 6 heteroatoms. The molecule has 0 aliphatic carbocycles. The molecular weight excluding hydrogens is 418 g/mol. The SMILES string of the molecule is Cc1ccccc1N1C(=O)S/C(=C\c2ccccc2OCc2ccccc2Cl)C1=O. The Morgan fingerprint density at radius 1 is 0.967 bits per heavy atom. The number of nitrogens with zero attached hydrogens (tertiary/aromatic N) is 1. The lowest BCUT2D eigenvalue weighted by atomic mass is 10.1. The van der Waals surface area contributed by atoms with Crippen LogP contribution in [0.5, 0.6) is 5.75 Å². The highest BCUT2D eigenvalue weighted by Crippen LogP contribution is 2.38. The zero-order valence-electron chi connectivity index (χ0n) is 16.2. The average Bonchev–Trinajstić information content (AvgIpc) is 3.02. The molecule has 1 heterocycles. The summed E-state index contributed by atoms with van der Waals surface area (Å²) in [5, 5.41) is 0.323. The lowest BCUT2D eigenvalue weighted by Crippen LogP contribution is -2.28. The van der Waals surface area contributed by atoms with E-state index in [0.717, 1.165) is 28.5 Å². The smallest absolute Gasteiger partial charge is 0.298 e. The first-order valence-electron chi connectivity index (χ1n) is 9.33. The van der Waals surface area contributed by atoms with Crippen LogP contribution in [-0.4, -0.2) is 11.1 Å². The van der Waals surface area contributed by atoms with E-state index in [-0.39, 0.29) is 11.1 Å². The van der Waals surface area contributed by atoms with Crippen LogP contribution in [0.25, 0.3) is 6.08 Å². The van der Waals surface area contributed by atoms with Gasteiger partial charge in [-0.05, 0) is 48.5 Å². The number of aryl methyl sites for hydroxylation is 1. The second-order valence-electron chi connectivity index (χ2n) is 6.72. The molecule has 1 saturated heterocycles. The third-order valence-corrected chi connectivity index (χ3v) is 5.94. The second kappa shape index (κ2) is 8.78. The molecule has 0 bridgehead atoms. The van der Waals surface area contributed by atoms with Crippen LogP contribution in [-0.2, 0) is 11.4 Å². The Morgan fingerprint density at radius 2 is 1.67 bits per heavy atom. The normalized spacial score (nSPS) is 15.1. The van der Waals surface area contributed by atoms with Crippen LogP contribution < -0.4 is 9.64 Å². The van der Waals surface area contributed by atoms with Crippen LogP contribution in [0.3, 0.4) is 0 Å². The van der Waals surface area contributed by atoms with E-state index >= 15 is 0 Å². The van der Waals surface area contributed by atoms with E-state index < -0.39 is 0 Å². The van der Waals surface area contributed by atoms with Gasteiger partial charge in [-0.1, -0.05) is 66.2 Å². The van der Waals surface area contributed by atoms with E-state index in [1.165, 1.54) is 4.90 Å². The Bertz CT molecular complexity index is 1160. The summed E-state index contributed by atoms with van der Waals surface area (Å²) < 4.78 is 5.96. The molecule has 0 saturated carbocycles. The van der Waals surface area contributed by atoms with Gasteiger partial charge >= 0.3 is 0 Å². The number of rotatable bonds is 5. The standard InChI is InChI=1S/C24H18ClNO3S/c1-16-8-2-6-12-20(16)26-23(27)22(30-24(26)28)14-17-9-4-7-13-21(17)29-15-18-10-3-5-11-19(18)25/h2-14H,15H2,1H3/b22-14-. The van der Waals surface area contributed by atoms with Crippen molar-refractivity contribution in [3.8, 4) is 5.75 Å². The minimum absolute atomic E-state index is 0.301. The molecule has 1 aliphatic rings. The van der Waals surface area contributed by atoms with Crippen molar-refractivity contribution in [1.82, 2.24) is 0 Å². The highest BCUT2D eigenvalue weighted by Gasteiger charge is 2.37. The fraction of sp³-hybridized carbons (Fsp3) is 0.0833. The summed E-state index contributed by atoms with van der Waals surface area (Å²) in [6.45, 7) is 2.18. The Labute approximate surface area is 184 Å². The van der Waals surface area contributed by atoms with Crippen molar-refractivity contribution in [3.05, 3.63) is 99.4 Å². The molecule has 0 radical (unpaired) electrons. The summed E-state index contributed by atoms with van der Waals surface area (Å²) in [5.41, 5.74) is 3.06. The molecule has 0 aromatic heterocycles. The van der Waals surface area contributed by atoms with Crippen molar-refractivity contribution in [1.29, 1.82) is 0 Å². The topological polar surface area (TPSA) is 46.6 Å².